The second-order valence-electron chi connectivity index (χ2n) is 3.79. The van der Waals surface area contributed by atoms with Crippen LogP contribution in [0.2, 0.25) is 0 Å². The first-order chi connectivity index (χ1) is 9.51. The Morgan fingerprint density at radius 3 is 2.20 bits per heavy atom. The summed E-state index contributed by atoms with van der Waals surface area (Å²) in [5, 5.41) is 0. The van der Waals surface area contributed by atoms with Crippen molar-refractivity contribution in [3.63, 3.8) is 0 Å². The van der Waals surface area contributed by atoms with Gasteiger partial charge in [0.25, 0.3) is 0 Å². The monoisotopic (exact) mass is 288 g/mol. The molecule has 0 fully saturated rings. The maximum atomic E-state index is 12.8. The lowest BCUT2D eigenvalue weighted by Gasteiger charge is -2.05. The third-order valence-corrected chi connectivity index (χ3v) is 2.15. The molecule has 0 aliphatic rings. The van der Waals surface area contributed by atoms with Crippen LogP contribution in [0.3, 0.4) is 0 Å². The maximum Gasteiger partial charge on any atom is 0.311 e. The molecular formula is C13H14F2O5. The van der Waals surface area contributed by atoms with E-state index in [0.29, 0.717) is 6.07 Å². The number of hydrogen-bond donors (Lipinski definition) is 0. The highest BCUT2D eigenvalue weighted by Gasteiger charge is 2.11. The van der Waals surface area contributed by atoms with Crippen molar-refractivity contribution in [2.75, 3.05) is 20.3 Å². The number of methoxy groups -OCH3 is 1. The van der Waals surface area contributed by atoms with Gasteiger partial charge in [-0.05, 0) is 0 Å². The first kappa shape index (κ1) is 16.0. The summed E-state index contributed by atoms with van der Waals surface area (Å²) >= 11 is 0. The van der Waals surface area contributed by atoms with Gasteiger partial charge in [0.15, 0.2) is 0 Å². The Bertz CT molecular complexity index is 456. The number of carbonyl (C=O) groups excluding carboxylic acids is 2. The van der Waals surface area contributed by atoms with Crippen molar-refractivity contribution in [3.05, 3.63) is 29.8 Å². The molecular weight excluding hydrogens is 274 g/mol. The van der Waals surface area contributed by atoms with Crippen LogP contribution in [0, 0.1) is 11.6 Å². The molecule has 1 aromatic rings. The SMILES string of the molecule is COCCOC(=O)CCC(=O)Oc1cc(F)cc(F)c1. The molecule has 0 heterocycles. The maximum absolute atomic E-state index is 12.8. The van der Waals surface area contributed by atoms with E-state index in [-0.39, 0.29) is 31.8 Å². The van der Waals surface area contributed by atoms with Gasteiger partial charge in [-0.15, -0.1) is 0 Å². The average molecular weight is 288 g/mol. The predicted octanol–water partition coefficient (Wildman–Crippen LogP) is 1.84. The molecule has 0 atom stereocenters. The first-order valence-corrected chi connectivity index (χ1v) is 5.82. The van der Waals surface area contributed by atoms with Crippen LogP contribution in [0.15, 0.2) is 18.2 Å². The van der Waals surface area contributed by atoms with Gasteiger partial charge in [0, 0.05) is 25.3 Å². The number of benzene rings is 1. The molecule has 0 saturated heterocycles. The van der Waals surface area contributed by atoms with Crippen molar-refractivity contribution in [2.24, 2.45) is 0 Å². The topological polar surface area (TPSA) is 61.8 Å². The molecule has 7 heteroatoms. The van der Waals surface area contributed by atoms with E-state index in [1.165, 1.54) is 7.11 Å². The van der Waals surface area contributed by atoms with Gasteiger partial charge >= 0.3 is 11.9 Å². The van der Waals surface area contributed by atoms with E-state index in [1.807, 2.05) is 0 Å². The van der Waals surface area contributed by atoms with E-state index in [0.717, 1.165) is 12.1 Å². The van der Waals surface area contributed by atoms with Crippen LogP contribution < -0.4 is 4.74 Å². The highest BCUT2D eigenvalue weighted by molar-refractivity contribution is 5.78. The predicted molar refractivity (Wildman–Crippen MR) is 64.1 cm³/mol. The summed E-state index contributed by atoms with van der Waals surface area (Å²) < 4.78 is 39.8. The van der Waals surface area contributed by atoms with Gasteiger partial charge in [0.2, 0.25) is 0 Å². The number of halogens is 2. The largest absolute Gasteiger partial charge is 0.463 e. The normalized spacial score (nSPS) is 10.2. The summed E-state index contributed by atoms with van der Waals surface area (Å²) in [5.41, 5.74) is 0. The fourth-order valence-electron chi connectivity index (χ4n) is 1.29. The van der Waals surface area contributed by atoms with Crippen molar-refractivity contribution in [1.82, 2.24) is 0 Å². The Morgan fingerprint density at radius 2 is 1.60 bits per heavy atom. The van der Waals surface area contributed by atoms with Crippen LogP contribution in [-0.2, 0) is 19.1 Å². The van der Waals surface area contributed by atoms with Gasteiger partial charge in [0.1, 0.15) is 24.0 Å². The fraction of sp³-hybridized carbons (Fsp3) is 0.385. The van der Waals surface area contributed by atoms with Crippen LogP contribution >= 0.6 is 0 Å². The molecule has 0 amide bonds. The summed E-state index contributed by atoms with van der Waals surface area (Å²) in [5.74, 6) is -3.32. The van der Waals surface area contributed by atoms with Crippen molar-refractivity contribution in [2.45, 2.75) is 12.8 Å². The molecule has 0 aliphatic carbocycles. The Labute approximate surface area is 114 Å². The van der Waals surface area contributed by atoms with E-state index >= 15 is 0 Å². The van der Waals surface area contributed by atoms with Crippen molar-refractivity contribution >= 4 is 11.9 Å². The average Bonchev–Trinajstić information content (AvgIpc) is 2.35. The molecule has 0 aromatic heterocycles. The Kier molecular flexibility index (Phi) is 6.58. The standard InChI is InChI=1S/C13H14F2O5/c1-18-4-5-19-12(16)2-3-13(17)20-11-7-9(14)6-10(15)8-11/h6-8H,2-5H2,1H3. The number of esters is 2. The fourth-order valence-corrected chi connectivity index (χ4v) is 1.29. The number of ether oxygens (including phenoxy) is 3. The number of rotatable bonds is 7. The minimum atomic E-state index is -0.855. The lowest BCUT2D eigenvalue weighted by Crippen LogP contribution is -2.14. The Hall–Kier alpha value is -2.02. The van der Waals surface area contributed by atoms with Gasteiger partial charge in [-0.25, -0.2) is 8.78 Å². The van der Waals surface area contributed by atoms with Crippen LogP contribution in [-0.4, -0.2) is 32.3 Å². The summed E-state index contributed by atoms with van der Waals surface area (Å²) in [6, 6.07) is 2.40. The molecule has 0 spiro atoms. The summed E-state index contributed by atoms with van der Waals surface area (Å²) in [4.78, 5) is 22.5. The van der Waals surface area contributed by atoms with E-state index in [9.17, 15) is 18.4 Å². The third kappa shape index (κ3) is 6.24. The lowest BCUT2D eigenvalue weighted by atomic mass is 10.3. The highest BCUT2D eigenvalue weighted by atomic mass is 19.1. The quantitative estimate of drug-likeness (QED) is 0.435. The minimum Gasteiger partial charge on any atom is -0.463 e. The number of hydrogen-bond acceptors (Lipinski definition) is 5. The summed E-state index contributed by atoms with van der Waals surface area (Å²) in [6.07, 6.45) is -0.426. The van der Waals surface area contributed by atoms with Gasteiger partial charge in [-0.2, -0.15) is 0 Å². The molecule has 5 nitrogen and oxygen atoms in total. The van der Waals surface area contributed by atoms with E-state index in [2.05, 4.69) is 4.74 Å². The van der Waals surface area contributed by atoms with Gasteiger partial charge in [0.05, 0.1) is 19.4 Å². The Morgan fingerprint density at radius 1 is 1.00 bits per heavy atom. The highest BCUT2D eigenvalue weighted by Crippen LogP contribution is 2.16. The summed E-state index contributed by atoms with van der Waals surface area (Å²) in [6.45, 7) is 0.359. The molecule has 1 rings (SSSR count). The van der Waals surface area contributed by atoms with Crippen molar-refractivity contribution in [1.29, 1.82) is 0 Å². The minimum absolute atomic E-state index is 0.0967. The van der Waals surface area contributed by atoms with Crippen LogP contribution in [0.4, 0.5) is 8.78 Å². The van der Waals surface area contributed by atoms with Gasteiger partial charge in [-0.1, -0.05) is 0 Å². The molecule has 0 unspecified atom stereocenters. The molecule has 1 aromatic carbocycles. The van der Waals surface area contributed by atoms with E-state index in [4.69, 9.17) is 9.47 Å². The Balaban J connectivity index is 2.34. The molecule has 0 radical (unpaired) electrons. The lowest BCUT2D eigenvalue weighted by molar-refractivity contribution is -0.147. The zero-order valence-electron chi connectivity index (χ0n) is 10.9. The van der Waals surface area contributed by atoms with Crippen molar-refractivity contribution in [3.8, 4) is 5.75 Å². The van der Waals surface area contributed by atoms with E-state index in [1.54, 1.807) is 0 Å². The van der Waals surface area contributed by atoms with Crippen LogP contribution in [0.25, 0.3) is 0 Å². The molecule has 0 bridgehead atoms. The first-order valence-electron chi connectivity index (χ1n) is 5.82. The zero-order chi connectivity index (χ0) is 15.0. The van der Waals surface area contributed by atoms with Gasteiger partial charge in [-0.3, -0.25) is 9.59 Å². The molecule has 0 N–H and O–H groups in total. The number of carbonyl (C=O) groups is 2. The van der Waals surface area contributed by atoms with Crippen LogP contribution in [0.1, 0.15) is 12.8 Å². The van der Waals surface area contributed by atoms with E-state index < -0.39 is 23.6 Å². The van der Waals surface area contributed by atoms with Crippen LogP contribution in [0.5, 0.6) is 5.75 Å². The zero-order valence-corrected chi connectivity index (χ0v) is 10.9. The van der Waals surface area contributed by atoms with Crippen molar-refractivity contribution < 1.29 is 32.6 Å². The molecule has 20 heavy (non-hydrogen) atoms. The second kappa shape index (κ2) is 8.21. The molecule has 0 aliphatic heterocycles. The molecule has 0 saturated carbocycles. The second-order valence-corrected chi connectivity index (χ2v) is 3.79. The smallest absolute Gasteiger partial charge is 0.311 e. The third-order valence-electron chi connectivity index (χ3n) is 2.15. The summed E-state index contributed by atoms with van der Waals surface area (Å²) in [7, 11) is 1.46. The van der Waals surface area contributed by atoms with Gasteiger partial charge < -0.3 is 14.2 Å². The molecule has 110 valence electrons.